The van der Waals surface area contributed by atoms with Gasteiger partial charge in [0.25, 0.3) is 0 Å². The topological polar surface area (TPSA) is 67.3 Å². The number of nitrogens with one attached hydrogen (secondary N) is 1. The first-order valence-electron chi connectivity index (χ1n) is 10.6. The molecule has 0 spiro atoms. The standard InChI is InChI=1S/C22H31N3O2.C2H6/c1-7-16(13-26)23-19-12-15(6)22(25-21(19)14(4)5)17-10-11-20(27-9-3)24-18(17)8-2;1-2/h10-12,16,23,26H,4,7-9,13H2,1-3,5-6H3;1-2H3. The summed E-state index contributed by atoms with van der Waals surface area (Å²) in [5.74, 6) is 0.642. The zero-order valence-electron chi connectivity index (χ0n) is 19.1. The zero-order valence-corrected chi connectivity index (χ0v) is 19.1. The Balaban J connectivity index is 0.00000204. The molecule has 2 heterocycles. The van der Waals surface area contributed by atoms with Crippen LogP contribution >= 0.6 is 0 Å². The van der Waals surface area contributed by atoms with E-state index in [1.807, 2.05) is 53.7 Å². The van der Waals surface area contributed by atoms with Gasteiger partial charge in [0, 0.05) is 17.7 Å². The summed E-state index contributed by atoms with van der Waals surface area (Å²) in [4.78, 5) is 9.56. The number of hydrogen-bond donors (Lipinski definition) is 2. The van der Waals surface area contributed by atoms with Gasteiger partial charge in [-0.25, -0.2) is 9.97 Å². The molecule has 0 bridgehead atoms. The van der Waals surface area contributed by atoms with E-state index in [-0.39, 0.29) is 12.6 Å². The molecule has 29 heavy (non-hydrogen) atoms. The smallest absolute Gasteiger partial charge is 0.213 e. The molecule has 2 aromatic rings. The van der Waals surface area contributed by atoms with E-state index in [1.165, 1.54) is 0 Å². The summed E-state index contributed by atoms with van der Waals surface area (Å²) in [7, 11) is 0. The number of aliphatic hydroxyl groups is 1. The Morgan fingerprint density at radius 1 is 1.21 bits per heavy atom. The number of rotatable bonds is 9. The van der Waals surface area contributed by atoms with Crippen molar-refractivity contribution in [3.05, 3.63) is 41.7 Å². The third-order valence-corrected chi connectivity index (χ3v) is 4.52. The third kappa shape index (κ3) is 6.29. The van der Waals surface area contributed by atoms with Crippen molar-refractivity contribution >= 4 is 11.3 Å². The highest BCUT2D eigenvalue weighted by molar-refractivity contribution is 5.77. The van der Waals surface area contributed by atoms with Crippen LogP contribution in [0.2, 0.25) is 0 Å². The fourth-order valence-corrected chi connectivity index (χ4v) is 3.01. The molecular weight excluding hydrogens is 362 g/mol. The average molecular weight is 400 g/mol. The lowest BCUT2D eigenvalue weighted by atomic mass is 10.0. The van der Waals surface area contributed by atoms with Gasteiger partial charge in [-0.15, -0.1) is 0 Å². The van der Waals surface area contributed by atoms with E-state index >= 15 is 0 Å². The lowest BCUT2D eigenvalue weighted by Crippen LogP contribution is -2.23. The highest BCUT2D eigenvalue weighted by Gasteiger charge is 2.17. The second-order valence-electron chi connectivity index (χ2n) is 6.69. The molecule has 0 saturated carbocycles. The molecule has 1 atom stereocenters. The summed E-state index contributed by atoms with van der Waals surface area (Å²) in [6, 6.07) is 6.00. The van der Waals surface area contributed by atoms with Crippen LogP contribution in [0, 0.1) is 6.92 Å². The van der Waals surface area contributed by atoms with E-state index < -0.39 is 0 Å². The zero-order chi connectivity index (χ0) is 22.0. The van der Waals surface area contributed by atoms with Gasteiger partial charge in [0.2, 0.25) is 5.88 Å². The Morgan fingerprint density at radius 2 is 1.90 bits per heavy atom. The van der Waals surface area contributed by atoms with E-state index in [2.05, 4.69) is 29.9 Å². The maximum absolute atomic E-state index is 9.53. The van der Waals surface area contributed by atoms with Crippen molar-refractivity contribution < 1.29 is 9.84 Å². The van der Waals surface area contributed by atoms with Crippen LogP contribution in [0.25, 0.3) is 16.8 Å². The molecule has 0 aliphatic carbocycles. The molecule has 160 valence electrons. The molecule has 0 aromatic carbocycles. The minimum Gasteiger partial charge on any atom is -0.478 e. The Bertz CT molecular complexity index is 799. The number of anilines is 1. The van der Waals surface area contributed by atoms with Crippen molar-refractivity contribution in [1.29, 1.82) is 0 Å². The molecule has 0 fully saturated rings. The second kappa shape index (κ2) is 12.2. The van der Waals surface area contributed by atoms with Crippen LogP contribution in [0.15, 0.2) is 24.8 Å². The molecule has 2 aromatic heterocycles. The van der Waals surface area contributed by atoms with Crippen molar-refractivity contribution in [1.82, 2.24) is 9.97 Å². The molecule has 2 rings (SSSR count). The van der Waals surface area contributed by atoms with Gasteiger partial charge in [-0.2, -0.15) is 0 Å². The molecule has 0 saturated heterocycles. The number of aryl methyl sites for hydroxylation is 2. The first kappa shape index (κ1) is 24.6. The van der Waals surface area contributed by atoms with Crippen LogP contribution in [0.1, 0.15) is 64.9 Å². The van der Waals surface area contributed by atoms with Gasteiger partial charge < -0.3 is 15.2 Å². The number of nitrogens with zero attached hydrogens (tertiary/aromatic N) is 2. The number of pyridine rings is 2. The number of hydrogen-bond acceptors (Lipinski definition) is 5. The molecule has 2 N–H and O–H groups in total. The first-order chi connectivity index (χ1) is 13.9. The van der Waals surface area contributed by atoms with Gasteiger partial charge >= 0.3 is 0 Å². The van der Waals surface area contributed by atoms with Gasteiger partial charge in [-0.3, -0.25) is 0 Å². The number of allylic oxidation sites excluding steroid dienone is 1. The first-order valence-corrected chi connectivity index (χ1v) is 10.6. The Labute approximate surface area is 176 Å². The summed E-state index contributed by atoms with van der Waals surface area (Å²) >= 11 is 0. The van der Waals surface area contributed by atoms with Crippen LogP contribution in [0.3, 0.4) is 0 Å². The fourth-order valence-electron chi connectivity index (χ4n) is 3.01. The number of aliphatic hydroxyl groups excluding tert-OH is 1. The Kier molecular flexibility index (Phi) is 10.4. The van der Waals surface area contributed by atoms with Crippen LogP contribution in [-0.2, 0) is 6.42 Å². The molecule has 0 aliphatic rings. The van der Waals surface area contributed by atoms with Gasteiger partial charge in [-0.05, 0) is 56.9 Å². The van der Waals surface area contributed by atoms with E-state index in [9.17, 15) is 5.11 Å². The average Bonchev–Trinajstić information content (AvgIpc) is 2.73. The van der Waals surface area contributed by atoms with Crippen LogP contribution < -0.4 is 10.1 Å². The normalized spacial score (nSPS) is 11.3. The van der Waals surface area contributed by atoms with E-state index in [0.29, 0.717) is 12.5 Å². The minimum atomic E-state index is -0.00602. The molecule has 0 radical (unpaired) electrons. The van der Waals surface area contributed by atoms with Crippen LogP contribution in [-0.4, -0.2) is 34.3 Å². The van der Waals surface area contributed by atoms with Crippen LogP contribution in [0.5, 0.6) is 5.88 Å². The summed E-state index contributed by atoms with van der Waals surface area (Å²) in [5, 5.41) is 12.9. The molecule has 0 amide bonds. The lowest BCUT2D eigenvalue weighted by Gasteiger charge is -2.20. The van der Waals surface area contributed by atoms with E-state index in [1.54, 1.807) is 0 Å². The van der Waals surface area contributed by atoms with Crippen molar-refractivity contribution in [2.75, 3.05) is 18.5 Å². The highest BCUT2D eigenvalue weighted by Crippen LogP contribution is 2.32. The van der Waals surface area contributed by atoms with Crippen molar-refractivity contribution in [3.8, 4) is 17.1 Å². The second-order valence-corrected chi connectivity index (χ2v) is 6.69. The van der Waals surface area contributed by atoms with Crippen molar-refractivity contribution in [3.63, 3.8) is 0 Å². The van der Waals surface area contributed by atoms with Gasteiger partial charge in [0.1, 0.15) is 0 Å². The number of aromatic nitrogens is 2. The summed E-state index contributed by atoms with van der Waals surface area (Å²) in [6.07, 6.45) is 1.62. The van der Waals surface area contributed by atoms with Gasteiger partial charge in [0.05, 0.1) is 36.0 Å². The van der Waals surface area contributed by atoms with E-state index in [4.69, 9.17) is 9.72 Å². The van der Waals surface area contributed by atoms with Crippen molar-refractivity contribution in [2.24, 2.45) is 0 Å². The number of ether oxygens (including phenoxy) is 1. The molecule has 5 heteroatoms. The maximum atomic E-state index is 9.53. The van der Waals surface area contributed by atoms with E-state index in [0.717, 1.165) is 52.3 Å². The Hall–Kier alpha value is -2.40. The molecule has 5 nitrogen and oxygen atoms in total. The molecular formula is C24H37N3O2. The third-order valence-electron chi connectivity index (χ3n) is 4.52. The molecule has 0 aliphatic heterocycles. The predicted octanol–water partition coefficient (Wildman–Crippen LogP) is 5.66. The monoisotopic (exact) mass is 399 g/mol. The Morgan fingerprint density at radius 3 is 2.41 bits per heavy atom. The highest BCUT2D eigenvalue weighted by atomic mass is 16.5. The fraction of sp³-hybridized carbons (Fsp3) is 0.500. The summed E-state index contributed by atoms with van der Waals surface area (Å²) < 4.78 is 5.54. The van der Waals surface area contributed by atoms with Crippen molar-refractivity contribution in [2.45, 2.75) is 67.3 Å². The molecule has 1 unspecified atom stereocenters. The summed E-state index contributed by atoms with van der Waals surface area (Å²) in [5.41, 5.74) is 6.54. The quantitative estimate of drug-likeness (QED) is 0.570. The SMILES string of the molecule is C=C(C)c1nc(-c2ccc(OCC)nc2CC)c(C)cc1NC(CC)CO.CC. The minimum absolute atomic E-state index is 0.00602. The van der Waals surface area contributed by atoms with Crippen LogP contribution in [0.4, 0.5) is 5.69 Å². The largest absolute Gasteiger partial charge is 0.478 e. The maximum Gasteiger partial charge on any atom is 0.213 e. The predicted molar refractivity (Wildman–Crippen MR) is 124 cm³/mol. The lowest BCUT2D eigenvalue weighted by molar-refractivity contribution is 0.272. The van der Waals surface area contributed by atoms with Gasteiger partial charge in [-0.1, -0.05) is 34.3 Å². The summed E-state index contributed by atoms with van der Waals surface area (Å²) in [6.45, 7) is 18.8. The van der Waals surface area contributed by atoms with Gasteiger partial charge in [0.15, 0.2) is 0 Å².